The highest BCUT2D eigenvalue weighted by Crippen LogP contribution is 2.43. The maximum absolute atomic E-state index is 13.7. The molecule has 0 bridgehead atoms. The van der Waals surface area contributed by atoms with E-state index in [0.717, 1.165) is 23.5 Å². The summed E-state index contributed by atoms with van der Waals surface area (Å²) in [5.74, 6) is -3.07. The molecule has 4 aromatic rings. The average Bonchev–Trinajstić information content (AvgIpc) is 3.67. The van der Waals surface area contributed by atoms with Crippen LogP contribution in [-0.4, -0.2) is 47.2 Å². The second-order valence-corrected chi connectivity index (χ2v) is 14.4. The van der Waals surface area contributed by atoms with Gasteiger partial charge in [-0.15, -0.1) is 0 Å². The van der Waals surface area contributed by atoms with Gasteiger partial charge in [-0.2, -0.15) is 10.5 Å². The number of nitrogens with one attached hydrogen (secondary N) is 2. The summed E-state index contributed by atoms with van der Waals surface area (Å²) in [4.78, 5) is 56.8. The highest BCUT2D eigenvalue weighted by molar-refractivity contribution is 8.05. The number of thioether (sulfide) groups is 2. The van der Waals surface area contributed by atoms with Crippen molar-refractivity contribution >= 4 is 58.5 Å². The number of benzene rings is 4. The minimum absolute atomic E-state index is 0.137. The van der Waals surface area contributed by atoms with Crippen molar-refractivity contribution in [1.29, 1.82) is 10.5 Å². The first-order valence-corrected chi connectivity index (χ1v) is 18.4. The van der Waals surface area contributed by atoms with Crippen LogP contribution in [0.4, 0.5) is 20.2 Å². The lowest BCUT2D eigenvalue weighted by molar-refractivity contribution is -0.119. The van der Waals surface area contributed by atoms with Crippen LogP contribution >= 0.6 is 23.5 Å². The summed E-state index contributed by atoms with van der Waals surface area (Å²) < 4.78 is 27.0. The molecule has 14 heteroatoms. The molecule has 2 heterocycles. The van der Waals surface area contributed by atoms with Crippen molar-refractivity contribution in [2.24, 2.45) is 0 Å². The molecule has 54 heavy (non-hydrogen) atoms. The van der Waals surface area contributed by atoms with Crippen LogP contribution in [0.15, 0.2) is 130 Å². The molecule has 0 unspecified atom stereocenters. The lowest BCUT2D eigenvalue weighted by atomic mass is 10.1. The number of carbonyl (C=O) groups is 4. The zero-order valence-corrected chi connectivity index (χ0v) is 30.0. The highest BCUT2D eigenvalue weighted by Gasteiger charge is 2.42. The Hall–Kier alpha value is -6.22. The van der Waals surface area contributed by atoms with E-state index in [9.17, 15) is 38.5 Å². The number of hydrogen-bond acceptors (Lipinski definition) is 8. The quantitative estimate of drug-likeness (QED) is 0.112. The van der Waals surface area contributed by atoms with Gasteiger partial charge in [-0.3, -0.25) is 29.0 Å². The molecular weight excluding hydrogens is 731 g/mol. The molecule has 0 radical (unpaired) electrons. The monoisotopic (exact) mass is 760 g/mol. The fourth-order valence-electron chi connectivity index (χ4n) is 5.80. The molecule has 2 aliphatic heterocycles. The van der Waals surface area contributed by atoms with Crippen LogP contribution in [0.5, 0.6) is 0 Å². The molecule has 2 aliphatic rings. The second kappa shape index (κ2) is 17.1. The lowest BCUT2D eigenvalue weighted by Gasteiger charge is -2.19. The highest BCUT2D eigenvalue weighted by atomic mass is 32.2. The first-order chi connectivity index (χ1) is 26.2. The van der Waals surface area contributed by atoms with Crippen LogP contribution in [0, 0.1) is 34.3 Å². The summed E-state index contributed by atoms with van der Waals surface area (Å²) in [5, 5.41) is 24.4. The molecule has 270 valence electrons. The van der Waals surface area contributed by atoms with Gasteiger partial charge in [0.2, 0.25) is 11.8 Å². The van der Waals surface area contributed by atoms with Gasteiger partial charge in [0.1, 0.15) is 45.0 Å². The molecule has 0 spiro atoms. The fraction of sp³-hybridized carbons (Fsp3) is 0.150. The zero-order valence-electron chi connectivity index (χ0n) is 28.4. The van der Waals surface area contributed by atoms with E-state index in [4.69, 9.17) is 0 Å². The smallest absolute Gasteiger partial charge is 0.264 e. The van der Waals surface area contributed by atoms with Crippen molar-refractivity contribution in [2.45, 2.75) is 23.3 Å². The Bertz CT molecular complexity index is 2060. The fourth-order valence-corrected chi connectivity index (χ4v) is 8.41. The summed E-state index contributed by atoms with van der Waals surface area (Å²) in [5.41, 5.74) is 1.72. The molecule has 2 saturated heterocycles. The van der Waals surface area contributed by atoms with Crippen molar-refractivity contribution in [3.05, 3.63) is 153 Å². The molecule has 0 aromatic heterocycles. The van der Waals surface area contributed by atoms with Crippen LogP contribution in [-0.2, 0) is 32.0 Å². The Balaban J connectivity index is 1.16. The third-order valence-electron chi connectivity index (χ3n) is 8.40. The van der Waals surface area contributed by atoms with Crippen LogP contribution < -0.4 is 20.4 Å². The van der Waals surface area contributed by atoms with Crippen LogP contribution in [0.2, 0.25) is 0 Å². The Labute approximate surface area is 318 Å². The van der Waals surface area contributed by atoms with Gasteiger partial charge in [-0.25, -0.2) is 8.78 Å². The van der Waals surface area contributed by atoms with Gasteiger partial charge in [-0.05, 0) is 72.5 Å². The third-order valence-corrected chi connectivity index (χ3v) is 10.9. The minimum atomic E-state index is -0.778. The first-order valence-electron chi connectivity index (χ1n) is 16.6. The number of nitriles is 2. The molecule has 2 atom stereocenters. The molecule has 2 N–H and O–H groups in total. The van der Waals surface area contributed by atoms with E-state index in [1.807, 2.05) is 12.1 Å². The predicted octanol–water partition coefficient (Wildman–Crippen LogP) is 5.75. The van der Waals surface area contributed by atoms with E-state index in [-0.39, 0.29) is 58.9 Å². The Morgan fingerprint density at radius 3 is 1.28 bits per heavy atom. The molecular formula is C40H30F2N6O4S2. The molecule has 4 amide bonds. The number of halogens is 2. The van der Waals surface area contributed by atoms with Gasteiger partial charge in [0.25, 0.3) is 11.8 Å². The van der Waals surface area contributed by atoms with Gasteiger partial charge < -0.3 is 10.6 Å². The maximum atomic E-state index is 13.7. The van der Waals surface area contributed by atoms with Gasteiger partial charge in [0, 0.05) is 24.5 Å². The molecule has 0 aliphatic carbocycles. The van der Waals surface area contributed by atoms with E-state index < -0.39 is 33.9 Å². The number of amides is 4. The van der Waals surface area contributed by atoms with Crippen molar-refractivity contribution in [2.75, 3.05) is 22.9 Å². The summed E-state index contributed by atoms with van der Waals surface area (Å²) in [6.07, 6.45) is 0.469. The predicted molar refractivity (Wildman–Crippen MR) is 202 cm³/mol. The number of anilines is 2. The first kappa shape index (κ1) is 37.5. The summed E-state index contributed by atoms with van der Waals surface area (Å²) in [6.45, 7) is -0.274. The normalized spacial score (nSPS) is 18.5. The minimum Gasteiger partial charge on any atom is -0.350 e. The standard InChI is InChI=1S/C40H30F2N6O4S2/c41-27-15-11-25(12-16-27)21-33-37(51)47(29-7-3-1-4-8-29)39(53-33)31(23-43)35(49)45-19-20-46-36(50)32(24-44)40-48(30-9-5-2-6-10-30)38(52)34(54-40)22-26-13-17-28(42)18-14-26/h1-18,33-34H,19-22H2,(H,45,49)(H,46,50)/b39-31-,40-32-/t33-,34-/m1/s1. The zero-order chi connectivity index (χ0) is 38.2. The van der Waals surface area contributed by atoms with E-state index in [2.05, 4.69) is 10.6 Å². The SMILES string of the molecule is N#C/C(C(=O)NCCNC(=O)/C(C#N)=C1\S[C@H](Cc2ccc(F)cc2)C(=O)N1c1ccccc1)=C1/S[C@H](Cc2ccc(F)cc2)C(=O)N1c1ccccc1. The largest absolute Gasteiger partial charge is 0.350 e. The summed E-state index contributed by atoms with van der Waals surface area (Å²) >= 11 is 2.12. The summed E-state index contributed by atoms with van der Waals surface area (Å²) in [6, 6.07) is 32.5. The third kappa shape index (κ3) is 8.36. The lowest BCUT2D eigenvalue weighted by Crippen LogP contribution is -2.37. The Kier molecular flexibility index (Phi) is 11.9. The molecule has 0 saturated carbocycles. The van der Waals surface area contributed by atoms with E-state index in [1.54, 1.807) is 84.9 Å². The number of rotatable bonds is 11. The van der Waals surface area contributed by atoms with Gasteiger partial charge in [0.05, 0.1) is 10.5 Å². The van der Waals surface area contributed by atoms with Crippen LogP contribution in [0.3, 0.4) is 0 Å². The number of hydrogen-bond donors (Lipinski definition) is 2. The van der Waals surface area contributed by atoms with E-state index in [0.29, 0.717) is 22.5 Å². The second-order valence-electron chi connectivity index (χ2n) is 12.0. The Morgan fingerprint density at radius 1 is 0.593 bits per heavy atom. The Morgan fingerprint density at radius 2 is 0.944 bits per heavy atom. The van der Waals surface area contributed by atoms with Crippen molar-refractivity contribution in [3.8, 4) is 12.1 Å². The van der Waals surface area contributed by atoms with Crippen LogP contribution in [0.1, 0.15) is 11.1 Å². The van der Waals surface area contributed by atoms with Gasteiger partial charge in [0.15, 0.2) is 0 Å². The topological polar surface area (TPSA) is 146 Å². The van der Waals surface area contributed by atoms with Crippen LogP contribution in [0.25, 0.3) is 0 Å². The van der Waals surface area contributed by atoms with E-state index in [1.165, 1.54) is 34.1 Å². The molecule has 6 rings (SSSR count). The average molecular weight is 761 g/mol. The maximum Gasteiger partial charge on any atom is 0.264 e. The summed E-state index contributed by atoms with van der Waals surface area (Å²) in [7, 11) is 0. The van der Waals surface area contributed by atoms with Crippen molar-refractivity contribution < 1.29 is 28.0 Å². The number of para-hydroxylation sites is 2. The molecule has 2 fully saturated rings. The molecule has 4 aromatic carbocycles. The van der Waals surface area contributed by atoms with Crippen molar-refractivity contribution in [3.63, 3.8) is 0 Å². The van der Waals surface area contributed by atoms with Gasteiger partial charge >= 0.3 is 0 Å². The number of nitrogens with zero attached hydrogens (tertiary/aromatic N) is 4. The number of carbonyl (C=O) groups excluding carboxylic acids is 4. The van der Waals surface area contributed by atoms with Crippen molar-refractivity contribution in [1.82, 2.24) is 10.6 Å². The molecule has 10 nitrogen and oxygen atoms in total. The van der Waals surface area contributed by atoms with E-state index >= 15 is 0 Å². The van der Waals surface area contributed by atoms with Gasteiger partial charge in [-0.1, -0.05) is 84.2 Å².